The molecule has 0 heterocycles. The highest BCUT2D eigenvalue weighted by Gasteiger charge is 2.23. The summed E-state index contributed by atoms with van der Waals surface area (Å²) in [4.78, 5) is 21.5. The van der Waals surface area contributed by atoms with Gasteiger partial charge in [0.15, 0.2) is 5.92 Å². The fourth-order valence-corrected chi connectivity index (χ4v) is 0.685. The van der Waals surface area contributed by atoms with Gasteiger partial charge in [-0.25, -0.2) is 0 Å². The standard InChI is InChI=1S/C9H12O4/c1-3-5-7(8(10)11)9(12)13-6-4-2/h3-5,7H,2,6H2,1H3,(H,10,11). The third kappa shape index (κ3) is 4.10. The Morgan fingerprint density at radius 1 is 1.62 bits per heavy atom. The van der Waals surface area contributed by atoms with Crippen LogP contribution in [0.15, 0.2) is 24.8 Å². The second-order valence-corrected chi connectivity index (χ2v) is 2.26. The van der Waals surface area contributed by atoms with E-state index in [2.05, 4.69) is 11.3 Å². The van der Waals surface area contributed by atoms with Gasteiger partial charge in [0.05, 0.1) is 0 Å². The minimum atomic E-state index is -1.22. The minimum absolute atomic E-state index is 0.0279. The van der Waals surface area contributed by atoms with Gasteiger partial charge in [-0.05, 0) is 6.92 Å². The van der Waals surface area contributed by atoms with E-state index in [1.54, 1.807) is 6.92 Å². The molecule has 0 saturated carbocycles. The van der Waals surface area contributed by atoms with Crippen LogP contribution in [-0.2, 0) is 14.3 Å². The van der Waals surface area contributed by atoms with E-state index in [1.165, 1.54) is 18.2 Å². The lowest BCUT2D eigenvalue weighted by Crippen LogP contribution is -2.24. The van der Waals surface area contributed by atoms with Crippen molar-refractivity contribution in [3.05, 3.63) is 24.8 Å². The molecule has 13 heavy (non-hydrogen) atoms. The van der Waals surface area contributed by atoms with Crippen LogP contribution in [-0.4, -0.2) is 23.7 Å². The number of ether oxygens (including phenoxy) is 1. The molecule has 0 aromatic carbocycles. The van der Waals surface area contributed by atoms with Gasteiger partial charge in [0.25, 0.3) is 0 Å². The van der Waals surface area contributed by atoms with Crippen molar-refractivity contribution in [1.29, 1.82) is 0 Å². The molecular formula is C9H12O4. The van der Waals surface area contributed by atoms with Crippen molar-refractivity contribution < 1.29 is 19.4 Å². The van der Waals surface area contributed by atoms with Gasteiger partial charge in [0, 0.05) is 0 Å². The van der Waals surface area contributed by atoms with E-state index in [9.17, 15) is 9.59 Å². The molecule has 0 aliphatic carbocycles. The van der Waals surface area contributed by atoms with Gasteiger partial charge in [-0.2, -0.15) is 0 Å². The molecule has 0 aliphatic heterocycles. The molecule has 0 spiro atoms. The van der Waals surface area contributed by atoms with Crippen LogP contribution in [0.1, 0.15) is 6.92 Å². The van der Waals surface area contributed by atoms with Crippen LogP contribution in [0.3, 0.4) is 0 Å². The smallest absolute Gasteiger partial charge is 0.324 e. The van der Waals surface area contributed by atoms with E-state index >= 15 is 0 Å². The number of hydrogen-bond donors (Lipinski definition) is 1. The molecule has 0 fully saturated rings. The van der Waals surface area contributed by atoms with Crippen molar-refractivity contribution in [3.63, 3.8) is 0 Å². The maximum absolute atomic E-state index is 11.0. The number of allylic oxidation sites excluding steroid dienone is 1. The number of carbonyl (C=O) groups is 2. The van der Waals surface area contributed by atoms with Gasteiger partial charge in [0.1, 0.15) is 6.61 Å². The SMILES string of the molecule is C=CCOC(=O)C(C=CC)C(=O)O. The summed E-state index contributed by atoms with van der Waals surface area (Å²) >= 11 is 0. The predicted molar refractivity (Wildman–Crippen MR) is 47.1 cm³/mol. The van der Waals surface area contributed by atoms with Crippen molar-refractivity contribution in [2.75, 3.05) is 6.61 Å². The molecule has 0 aromatic rings. The summed E-state index contributed by atoms with van der Waals surface area (Å²) in [5.41, 5.74) is 0. The molecule has 1 atom stereocenters. The van der Waals surface area contributed by atoms with Crippen LogP contribution in [0.25, 0.3) is 0 Å². The zero-order chi connectivity index (χ0) is 10.3. The van der Waals surface area contributed by atoms with Crippen molar-refractivity contribution in [2.24, 2.45) is 5.92 Å². The summed E-state index contributed by atoms with van der Waals surface area (Å²) in [5, 5.41) is 8.60. The number of aliphatic carboxylic acids is 1. The molecule has 1 N–H and O–H groups in total. The fourth-order valence-electron chi connectivity index (χ4n) is 0.685. The van der Waals surface area contributed by atoms with Crippen molar-refractivity contribution in [2.45, 2.75) is 6.92 Å². The van der Waals surface area contributed by atoms with Crippen LogP contribution in [0, 0.1) is 5.92 Å². The maximum Gasteiger partial charge on any atom is 0.324 e. The van der Waals surface area contributed by atoms with E-state index in [1.807, 2.05) is 0 Å². The average Bonchev–Trinajstić information content (AvgIpc) is 2.09. The van der Waals surface area contributed by atoms with Crippen LogP contribution in [0.2, 0.25) is 0 Å². The third-order valence-corrected chi connectivity index (χ3v) is 1.25. The van der Waals surface area contributed by atoms with Gasteiger partial charge >= 0.3 is 11.9 Å². The lowest BCUT2D eigenvalue weighted by atomic mass is 10.1. The van der Waals surface area contributed by atoms with Crippen LogP contribution >= 0.6 is 0 Å². The predicted octanol–water partition coefficient (Wildman–Crippen LogP) is 0.992. The minimum Gasteiger partial charge on any atom is -0.480 e. The highest BCUT2D eigenvalue weighted by Crippen LogP contribution is 2.02. The number of esters is 1. The summed E-state index contributed by atoms with van der Waals surface area (Å²) in [6.45, 7) is 5.00. The monoisotopic (exact) mass is 184 g/mol. The van der Waals surface area contributed by atoms with Gasteiger partial charge < -0.3 is 9.84 Å². The van der Waals surface area contributed by atoms with Gasteiger partial charge in [0.2, 0.25) is 0 Å². The van der Waals surface area contributed by atoms with Gasteiger partial charge in [-0.1, -0.05) is 24.8 Å². The van der Waals surface area contributed by atoms with Crippen LogP contribution in [0.5, 0.6) is 0 Å². The lowest BCUT2D eigenvalue weighted by Gasteiger charge is -2.05. The van der Waals surface area contributed by atoms with Crippen molar-refractivity contribution in [3.8, 4) is 0 Å². The molecule has 4 heteroatoms. The lowest BCUT2D eigenvalue weighted by molar-refractivity contribution is -0.155. The first-order valence-electron chi connectivity index (χ1n) is 3.76. The Bertz CT molecular complexity index is 230. The summed E-state index contributed by atoms with van der Waals surface area (Å²) in [7, 11) is 0. The van der Waals surface area contributed by atoms with Gasteiger partial charge in [-0.3, -0.25) is 9.59 Å². The van der Waals surface area contributed by atoms with E-state index in [0.717, 1.165) is 0 Å². The molecule has 0 bridgehead atoms. The summed E-state index contributed by atoms with van der Waals surface area (Å²) in [5.74, 6) is -3.21. The van der Waals surface area contributed by atoms with Crippen LogP contribution in [0.4, 0.5) is 0 Å². The first-order valence-corrected chi connectivity index (χ1v) is 3.76. The molecule has 72 valence electrons. The Morgan fingerprint density at radius 2 is 2.23 bits per heavy atom. The normalized spacial score (nSPS) is 12.4. The molecule has 0 aromatic heterocycles. The number of carboxylic acids is 1. The molecule has 0 amide bonds. The number of carboxylic acid groups (broad SMARTS) is 1. The summed E-state index contributed by atoms with van der Waals surface area (Å²) in [6.07, 6.45) is 4.15. The molecule has 4 nitrogen and oxygen atoms in total. The first kappa shape index (κ1) is 11.4. The molecule has 0 aliphatic rings. The molecule has 0 radical (unpaired) electrons. The zero-order valence-corrected chi connectivity index (χ0v) is 7.40. The topological polar surface area (TPSA) is 63.6 Å². The quantitative estimate of drug-likeness (QED) is 0.393. The second-order valence-electron chi connectivity index (χ2n) is 2.26. The van der Waals surface area contributed by atoms with Crippen molar-refractivity contribution >= 4 is 11.9 Å². The van der Waals surface area contributed by atoms with Crippen LogP contribution < -0.4 is 0 Å². The average molecular weight is 184 g/mol. The van der Waals surface area contributed by atoms with Crippen molar-refractivity contribution in [1.82, 2.24) is 0 Å². The Labute approximate surface area is 76.5 Å². The first-order chi connectivity index (χ1) is 6.13. The van der Waals surface area contributed by atoms with Gasteiger partial charge in [-0.15, -0.1) is 0 Å². The zero-order valence-electron chi connectivity index (χ0n) is 7.40. The summed E-state index contributed by atoms with van der Waals surface area (Å²) in [6, 6.07) is 0. The molecule has 0 saturated heterocycles. The molecule has 0 rings (SSSR count). The van der Waals surface area contributed by atoms with E-state index < -0.39 is 17.9 Å². The number of rotatable bonds is 5. The molecular weight excluding hydrogens is 172 g/mol. The maximum atomic E-state index is 11.0. The largest absolute Gasteiger partial charge is 0.480 e. The van der Waals surface area contributed by atoms with E-state index in [0.29, 0.717) is 0 Å². The summed E-state index contributed by atoms with van der Waals surface area (Å²) < 4.78 is 4.58. The Balaban J connectivity index is 4.28. The Morgan fingerprint density at radius 3 is 2.62 bits per heavy atom. The number of carbonyl (C=O) groups excluding carboxylic acids is 1. The second kappa shape index (κ2) is 5.99. The number of hydrogen-bond acceptors (Lipinski definition) is 3. The third-order valence-electron chi connectivity index (χ3n) is 1.25. The fraction of sp³-hybridized carbons (Fsp3) is 0.333. The van der Waals surface area contributed by atoms with E-state index in [4.69, 9.17) is 5.11 Å². The Hall–Kier alpha value is -1.58. The highest BCUT2D eigenvalue weighted by molar-refractivity contribution is 5.96. The Kier molecular flexibility index (Phi) is 5.27. The highest BCUT2D eigenvalue weighted by atomic mass is 16.5. The molecule has 1 unspecified atom stereocenters. The van der Waals surface area contributed by atoms with E-state index in [-0.39, 0.29) is 6.61 Å².